The van der Waals surface area contributed by atoms with Gasteiger partial charge >= 0.3 is 0 Å². The first-order chi connectivity index (χ1) is 15.9. The Morgan fingerprint density at radius 3 is 2.76 bits per heavy atom. The van der Waals surface area contributed by atoms with Crippen LogP contribution >= 0.6 is 0 Å². The number of aromatic nitrogens is 2. The number of ether oxygens (including phenoxy) is 1. The molecule has 0 saturated heterocycles. The Kier molecular flexibility index (Phi) is 7.93. The maximum atomic E-state index is 12.1. The largest absolute Gasteiger partial charge is 0.488 e. The molecule has 2 aromatic carbocycles. The van der Waals surface area contributed by atoms with Crippen LogP contribution in [0.4, 0.5) is 17.2 Å². The van der Waals surface area contributed by atoms with E-state index in [2.05, 4.69) is 27.2 Å². The Labute approximate surface area is 191 Å². The van der Waals surface area contributed by atoms with Gasteiger partial charge in [-0.3, -0.25) is 14.8 Å². The number of benzene rings is 2. The van der Waals surface area contributed by atoms with Crippen molar-refractivity contribution in [2.75, 3.05) is 10.6 Å². The molecule has 1 heterocycles. The average molecular weight is 450 g/mol. The predicted octanol–water partition coefficient (Wildman–Crippen LogP) is 4.25. The lowest BCUT2D eigenvalue weighted by atomic mass is 10.1. The SMILES string of the molecule is C=CC(=O)Nc1cc2c(Nc3cccc(C)c3)ncnc2cc1OC(CC)CCC(=O)NO. The number of hydroxylamine groups is 1. The molecule has 1 aromatic heterocycles. The lowest BCUT2D eigenvalue weighted by molar-refractivity contribution is -0.129. The van der Waals surface area contributed by atoms with Gasteiger partial charge in [0.1, 0.15) is 17.9 Å². The van der Waals surface area contributed by atoms with Crippen LogP contribution in [0.2, 0.25) is 0 Å². The van der Waals surface area contributed by atoms with Crippen LogP contribution < -0.4 is 20.9 Å². The Balaban J connectivity index is 1.98. The molecule has 0 aliphatic heterocycles. The molecule has 0 saturated carbocycles. The molecule has 0 aliphatic rings. The number of rotatable bonds is 10. The van der Waals surface area contributed by atoms with E-state index in [-0.39, 0.29) is 12.5 Å². The van der Waals surface area contributed by atoms with Crippen molar-refractivity contribution in [3.8, 4) is 5.75 Å². The van der Waals surface area contributed by atoms with Gasteiger partial charge in [-0.2, -0.15) is 0 Å². The summed E-state index contributed by atoms with van der Waals surface area (Å²) in [5.74, 6) is 0.111. The first-order valence-corrected chi connectivity index (χ1v) is 10.6. The number of anilines is 3. The summed E-state index contributed by atoms with van der Waals surface area (Å²) in [7, 11) is 0. The molecule has 9 nitrogen and oxygen atoms in total. The molecule has 0 bridgehead atoms. The number of hydrogen-bond donors (Lipinski definition) is 4. The molecule has 33 heavy (non-hydrogen) atoms. The lowest BCUT2D eigenvalue weighted by Crippen LogP contribution is -2.23. The molecule has 9 heteroatoms. The van der Waals surface area contributed by atoms with E-state index >= 15 is 0 Å². The summed E-state index contributed by atoms with van der Waals surface area (Å²) >= 11 is 0. The van der Waals surface area contributed by atoms with Crippen molar-refractivity contribution in [1.82, 2.24) is 15.4 Å². The summed E-state index contributed by atoms with van der Waals surface area (Å²) in [6, 6.07) is 11.4. The average Bonchev–Trinajstić information content (AvgIpc) is 2.81. The van der Waals surface area contributed by atoms with E-state index in [0.29, 0.717) is 41.0 Å². The molecule has 3 rings (SSSR count). The third-order valence-electron chi connectivity index (χ3n) is 5.03. The van der Waals surface area contributed by atoms with Crippen LogP contribution in [0, 0.1) is 6.92 Å². The summed E-state index contributed by atoms with van der Waals surface area (Å²) in [6.45, 7) is 7.44. The number of nitrogens with zero attached hydrogens (tertiary/aromatic N) is 2. The van der Waals surface area contributed by atoms with Gasteiger partial charge in [0, 0.05) is 23.6 Å². The van der Waals surface area contributed by atoms with Crippen molar-refractivity contribution < 1.29 is 19.5 Å². The number of amides is 2. The van der Waals surface area contributed by atoms with Gasteiger partial charge < -0.3 is 15.4 Å². The molecular weight excluding hydrogens is 422 g/mol. The van der Waals surface area contributed by atoms with Crippen LogP contribution in [-0.4, -0.2) is 33.1 Å². The minimum absolute atomic E-state index is 0.101. The highest BCUT2D eigenvalue weighted by atomic mass is 16.5. The third kappa shape index (κ3) is 6.27. The Morgan fingerprint density at radius 2 is 2.06 bits per heavy atom. The summed E-state index contributed by atoms with van der Waals surface area (Å²) in [4.78, 5) is 32.2. The van der Waals surface area contributed by atoms with Crippen molar-refractivity contribution in [1.29, 1.82) is 0 Å². The van der Waals surface area contributed by atoms with E-state index in [1.807, 2.05) is 38.1 Å². The molecule has 172 valence electrons. The summed E-state index contributed by atoms with van der Waals surface area (Å²) in [5.41, 5.74) is 4.65. The smallest absolute Gasteiger partial charge is 0.247 e. The Bertz CT molecular complexity index is 1160. The monoisotopic (exact) mass is 449 g/mol. The van der Waals surface area contributed by atoms with E-state index in [0.717, 1.165) is 11.3 Å². The predicted molar refractivity (Wildman–Crippen MR) is 127 cm³/mol. The fourth-order valence-electron chi connectivity index (χ4n) is 3.30. The molecular formula is C24H27N5O4. The van der Waals surface area contributed by atoms with Crippen molar-refractivity contribution in [3.63, 3.8) is 0 Å². The minimum atomic E-state index is -0.490. The summed E-state index contributed by atoms with van der Waals surface area (Å²) in [6.07, 6.45) is 3.42. The van der Waals surface area contributed by atoms with Crippen LogP contribution in [0.3, 0.4) is 0 Å². The zero-order chi connectivity index (χ0) is 23.8. The maximum Gasteiger partial charge on any atom is 0.247 e. The molecule has 4 N–H and O–H groups in total. The minimum Gasteiger partial charge on any atom is -0.488 e. The van der Waals surface area contributed by atoms with Crippen molar-refractivity contribution in [3.05, 3.63) is 60.9 Å². The van der Waals surface area contributed by atoms with Crippen LogP contribution in [0.1, 0.15) is 31.7 Å². The van der Waals surface area contributed by atoms with Gasteiger partial charge in [-0.05, 0) is 49.6 Å². The number of hydrogen-bond acceptors (Lipinski definition) is 7. The fraction of sp³-hybridized carbons (Fsp3) is 0.250. The second-order valence-corrected chi connectivity index (χ2v) is 7.50. The van der Waals surface area contributed by atoms with Gasteiger partial charge in [-0.25, -0.2) is 15.4 Å². The second-order valence-electron chi connectivity index (χ2n) is 7.50. The van der Waals surface area contributed by atoms with E-state index in [1.54, 1.807) is 17.6 Å². The van der Waals surface area contributed by atoms with Crippen molar-refractivity contribution >= 4 is 39.9 Å². The van der Waals surface area contributed by atoms with Gasteiger partial charge in [0.15, 0.2) is 0 Å². The van der Waals surface area contributed by atoms with E-state index in [1.165, 1.54) is 12.4 Å². The zero-order valence-corrected chi connectivity index (χ0v) is 18.6. The molecule has 1 unspecified atom stereocenters. The van der Waals surface area contributed by atoms with Crippen molar-refractivity contribution in [2.24, 2.45) is 0 Å². The van der Waals surface area contributed by atoms with Crippen LogP contribution in [0.5, 0.6) is 5.75 Å². The highest BCUT2D eigenvalue weighted by Crippen LogP contribution is 2.34. The molecule has 2 amide bonds. The summed E-state index contributed by atoms with van der Waals surface area (Å²) in [5, 5.41) is 15.5. The molecule has 0 aliphatic carbocycles. The number of fused-ring (bicyclic) bond motifs is 1. The van der Waals surface area contributed by atoms with Crippen LogP contribution in [0.25, 0.3) is 10.9 Å². The lowest BCUT2D eigenvalue weighted by Gasteiger charge is -2.20. The first-order valence-electron chi connectivity index (χ1n) is 10.6. The molecule has 0 spiro atoms. The van der Waals surface area contributed by atoms with Crippen LogP contribution in [-0.2, 0) is 9.59 Å². The van der Waals surface area contributed by atoms with Gasteiger partial charge in [0.2, 0.25) is 11.8 Å². The van der Waals surface area contributed by atoms with Gasteiger partial charge in [0.25, 0.3) is 0 Å². The van der Waals surface area contributed by atoms with E-state index in [9.17, 15) is 9.59 Å². The van der Waals surface area contributed by atoms with Gasteiger partial charge in [0.05, 0.1) is 17.3 Å². The van der Waals surface area contributed by atoms with E-state index in [4.69, 9.17) is 9.94 Å². The number of carbonyl (C=O) groups is 2. The molecule has 3 aromatic rings. The zero-order valence-electron chi connectivity index (χ0n) is 18.6. The van der Waals surface area contributed by atoms with Gasteiger partial charge in [-0.1, -0.05) is 25.6 Å². The van der Waals surface area contributed by atoms with Crippen LogP contribution in [0.15, 0.2) is 55.4 Å². The first kappa shape index (κ1) is 23.7. The summed E-state index contributed by atoms with van der Waals surface area (Å²) < 4.78 is 6.13. The maximum absolute atomic E-state index is 12.1. The highest BCUT2D eigenvalue weighted by molar-refractivity contribution is 6.03. The Morgan fingerprint density at radius 1 is 1.24 bits per heavy atom. The molecule has 0 fully saturated rings. The quantitative estimate of drug-likeness (QED) is 0.207. The normalized spacial score (nSPS) is 11.5. The Hall–Kier alpha value is -3.98. The standard InChI is InChI=1S/C24H27N5O4/c1-4-17(9-10-23(31)29-32)33-21-13-19-18(12-20(21)28-22(30)5-2)24(26-14-25-19)27-16-8-6-7-15(3)11-16/h5-8,11-14,17,32H,2,4,9-10H2,1,3H3,(H,28,30)(H,29,31)(H,25,26,27). The van der Waals surface area contributed by atoms with Gasteiger partial charge in [-0.15, -0.1) is 0 Å². The van der Waals surface area contributed by atoms with Crippen molar-refractivity contribution in [2.45, 2.75) is 39.2 Å². The molecule has 0 radical (unpaired) electrons. The number of aryl methyl sites for hydroxylation is 1. The number of carbonyl (C=O) groups excluding carboxylic acids is 2. The fourth-order valence-corrected chi connectivity index (χ4v) is 3.30. The van der Waals surface area contributed by atoms with E-state index < -0.39 is 11.8 Å². The highest BCUT2D eigenvalue weighted by Gasteiger charge is 2.17. The third-order valence-corrected chi connectivity index (χ3v) is 5.03. The second kappa shape index (κ2) is 11.1. The number of nitrogens with one attached hydrogen (secondary N) is 3. The molecule has 1 atom stereocenters. The topological polar surface area (TPSA) is 125 Å².